The number of nitrogens with two attached hydrogens (primary N) is 1. The molecule has 1 saturated carbocycles. The van der Waals surface area contributed by atoms with E-state index in [0.29, 0.717) is 33.7 Å². The number of hydrogen-bond donors (Lipinski definition) is 2. The van der Waals surface area contributed by atoms with Crippen LogP contribution in [0.1, 0.15) is 33.6 Å². The first-order chi connectivity index (χ1) is 19.7. The van der Waals surface area contributed by atoms with E-state index in [1.165, 1.54) is 18.2 Å². The fourth-order valence-electron chi connectivity index (χ4n) is 4.51. The first-order valence-corrected chi connectivity index (χ1v) is 13.3. The lowest BCUT2D eigenvalue weighted by Crippen LogP contribution is -2.40. The second kappa shape index (κ2) is 10.7. The summed E-state index contributed by atoms with van der Waals surface area (Å²) >= 11 is 6.66. The monoisotopic (exact) mass is 600 g/mol. The average molecular weight is 601 g/mol. The molecular weight excluding hydrogens is 574 g/mol. The van der Waals surface area contributed by atoms with Crippen LogP contribution in [-0.2, 0) is 11.3 Å². The van der Waals surface area contributed by atoms with Crippen molar-refractivity contribution in [2.24, 2.45) is 5.92 Å². The van der Waals surface area contributed by atoms with Gasteiger partial charge in [0, 0.05) is 37.2 Å². The third kappa shape index (κ3) is 6.20. The van der Waals surface area contributed by atoms with E-state index in [4.69, 9.17) is 26.8 Å². The van der Waals surface area contributed by atoms with Crippen LogP contribution in [0.5, 0.6) is 11.5 Å². The van der Waals surface area contributed by atoms with Gasteiger partial charge in [-0.1, -0.05) is 11.6 Å². The van der Waals surface area contributed by atoms with Crippen molar-refractivity contribution in [3.63, 3.8) is 0 Å². The molecule has 0 unspecified atom stereocenters. The zero-order chi connectivity index (χ0) is 30.4. The van der Waals surface area contributed by atoms with Crippen molar-refractivity contribution in [2.45, 2.75) is 51.7 Å². The number of fused-ring (bicyclic) bond motifs is 1. The van der Waals surface area contributed by atoms with Crippen LogP contribution in [0.4, 0.5) is 29.7 Å². The summed E-state index contributed by atoms with van der Waals surface area (Å²) in [5.74, 6) is -2.40. The summed E-state index contributed by atoms with van der Waals surface area (Å²) in [5.41, 5.74) is 6.82. The molecule has 2 aromatic heterocycles. The van der Waals surface area contributed by atoms with Gasteiger partial charge in [0.2, 0.25) is 5.92 Å². The van der Waals surface area contributed by atoms with Gasteiger partial charge in [-0.2, -0.15) is 10.00 Å². The number of benzene rings is 2. The van der Waals surface area contributed by atoms with E-state index < -0.39 is 23.7 Å². The highest BCUT2D eigenvalue weighted by molar-refractivity contribution is 6.36. The van der Waals surface area contributed by atoms with Gasteiger partial charge < -0.3 is 20.3 Å². The number of rotatable bonds is 6. The van der Waals surface area contributed by atoms with Gasteiger partial charge in [0.15, 0.2) is 0 Å². The predicted octanol–water partition coefficient (Wildman–Crippen LogP) is 6.99. The lowest BCUT2D eigenvalue weighted by atomic mass is 9.81. The number of alkyl halides is 2. The molecule has 2 amide bonds. The van der Waals surface area contributed by atoms with Crippen LogP contribution < -0.4 is 15.4 Å². The van der Waals surface area contributed by atoms with Crippen LogP contribution in [0, 0.1) is 5.92 Å². The summed E-state index contributed by atoms with van der Waals surface area (Å²) in [6.45, 7) is 5.20. The summed E-state index contributed by atoms with van der Waals surface area (Å²) in [4.78, 5) is 34.0. The lowest BCUT2D eigenvalue weighted by Gasteiger charge is -2.34. The second-order valence-electron chi connectivity index (χ2n) is 11.0. The highest BCUT2D eigenvalue weighted by Gasteiger charge is 2.45. The average Bonchev–Trinajstić information content (AvgIpc) is 3.34. The van der Waals surface area contributed by atoms with Crippen LogP contribution in [-0.4, -0.2) is 48.6 Å². The third-order valence-electron chi connectivity index (χ3n) is 6.40. The molecule has 1 aliphatic carbocycles. The Morgan fingerprint density at radius 3 is 2.62 bits per heavy atom. The fraction of sp³-hybridized carbons (Fsp3) is 0.321. The zero-order valence-corrected chi connectivity index (χ0v) is 23.6. The van der Waals surface area contributed by atoms with Crippen molar-refractivity contribution in [2.75, 3.05) is 10.6 Å². The first kappa shape index (κ1) is 29.0. The number of nitrogen functional groups attached to an aromatic ring is 1. The maximum Gasteiger partial charge on any atom is 0.424 e. The van der Waals surface area contributed by atoms with Gasteiger partial charge in [0.1, 0.15) is 27.6 Å². The molecular formula is C28H27ClF2N6O5. The molecule has 0 spiro atoms. The van der Waals surface area contributed by atoms with Gasteiger partial charge in [-0.15, -0.1) is 0 Å². The molecule has 2 heterocycles. The van der Waals surface area contributed by atoms with E-state index >= 15 is 0 Å². The highest BCUT2D eigenvalue weighted by Crippen LogP contribution is 2.43. The molecule has 0 aliphatic heterocycles. The van der Waals surface area contributed by atoms with Gasteiger partial charge in [0.25, 0.3) is 0 Å². The molecule has 1 fully saturated rings. The smallest absolute Gasteiger partial charge is 0.424 e. The van der Waals surface area contributed by atoms with Gasteiger partial charge in [0.05, 0.1) is 35.0 Å². The van der Waals surface area contributed by atoms with Crippen molar-refractivity contribution >= 4 is 46.2 Å². The number of nitrogens with zero attached hydrogens (tertiary/aromatic N) is 5. The minimum absolute atomic E-state index is 0.00212. The van der Waals surface area contributed by atoms with Gasteiger partial charge in [-0.05, 0) is 51.0 Å². The van der Waals surface area contributed by atoms with E-state index in [2.05, 4.69) is 15.1 Å². The van der Waals surface area contributed by atoms with Crippen LogP contribution in [0.15, 0.2) is 48.9 Å². The molecule has 2 aromatic carbocycles. The van der Waals surface area contributed by atoms with Crippen LogP contribution >= 0.6 is 11.6 Å². The van der Waals surface area contributed by atoms with Crippen molar-refractivity contribution < 1.29 is 33.0 Å². The summed E-state index contributed by atoms with van der Waals surface area (Å²) < 4.78 is 39.2. The normalized spacial score (nSPS) is 14.8. The Morgan fingerprint density at radius 1 is 1.21 bits per heavy atom. The molecule has 3 N–H and O–H groups in total. The van der Waals surface area contributed by atoms with Crippen molar-refractivity contribution in [1.29, 1.82) is 0 Å². The van der Waals surface area contributed by atoms with E-state index in [9.17, 15) is 23.5 Å². The molecule has 0 saturated heterocycles. The summed E-state index contributed by atoms with van der Waals surface area (Å²) in [6, 6.07) is 7.38. The Labute approximate surface area is 243 Å². The van der Waals surface area contributed by atoms with Gasteiger partial charge in [-0.3, -0.25) is 9.67 Å². The van der Waals surface area contributed by atoms with E-state index in [-0.39, 0.29) is 46.7 Å². The summed E-state index contributed by atoms with van der Waals surface area (Å²) in [6.07, 6.45) is 1.84. The maximum absolute atomic E-state index is 13.2. The quantitative estimate of drug-likeness (QED) is 0.224. The predicted molar refractivity (Wildman–Crippen MR) is 151 cm³/mol. The number of hydrogen-bond acceptors (Lipinski definition) is 8. The highest BCUT2D eigenvalue weighted by atomic mass is 35.5. The molecule has 0 radical (unpaired) electrons. The van der Waals surface area contributed by atoms with Gasteiger partial charge >= 0.3 is 12.2 Å². The standard InChI is InChI=1S/C28H27ClF2N6O5/c1-27(2,3)42-26(40)37(25(38)39)21-8-17(4-5-18(21)32)41-22-7-6-19-24(23(22)29)35-20(12-33-19)16-11-34-36(14-16)13-15-9-28(30,31)10-15/h4-8,11-12,14-15H,9-10,13,32H2,1-3H3,(H,38,39). The second-order valence-corrected chi connectivity index (χ2v) is 11.4. The van der Waals surface area contributed by atoms with Crippen LogP contribution in [0.3, 0.4) is 0 Å². The molecule has 0 atom stereocenters. The molecule has 1 aliphatic rings. The number of carbonyl (C=O) groups excluding carboxylic acids is 1. The number of carboxylic acid groups (broad SMARTS) is 1. The number of carbonyl (C=O) groups is 2. The Bertz CT molecular complexity index is 1680. The first-order valence-electron chi connectivity index (χ1n) is 12.9. The molecule has 42 heavy (non-hydrogen) atoms. The fourth-order valence-corrected chi connectivity index (χ4v) is 4.75. The maximum atomic E-state index is 13.2. The molecule has 11 nitrogen and oxygen atoms in total. The largest absolute Gasteiger partial charge is 0.464 e. The van der Waals surface area contributed by atoms with Crippen LogP contribution in [0.25, 0.3) is 22.3 Å². The molecule has 4 aromatic rings. The van der Waals surface area contributed by atoms with Crippen molar-refractivity contribution in [3.8, 4) is 22.8 Å². The van der Waals surface area contributed by atoms with Crippen molar-refractivity contribution in [1.82, 2.24) is 19.7 Å². The third-order valence-corrected chi connectivity index (χ3v) is 6.77. The minimum atomic E-state index is -2.59. The van der Waals surface area contributed by atoms with E-state index in [1.54, 1.807) is 56.2 Å². The number of aromatic nitrogens is 4. The molecule has 5 rings (SSSR count). The van der Waals surface area contributed by atoms with E-state index in [0.717, 1.165) is 0 Å². The van der Waals surface area contributed by atoms with Crippen molar-refractivity contribution in [3.05, 3.63) is 53.9 Å². The molecule has 220 valence electrons. The van der Waals surface area contributed by atoms with Gasteiger partial charge in [-0.25, -0.2) is 23.4 Å². The number of imide groups is 1. The Balaban J connectivity index is 1.40. The number of ether oxygens (including phenoxy) is 2. The Kier molecular flexibility index (Phi) is 7.39. The number of anilines is 2. The number of amides is 2. The number of halogens is 3. The van der Waals surface area contributed by atoms with E-state index in [1.807, 2.05) is 0 Å². The summed E-state index contributed by atoms with van der Waals surface area (Å²) in [5, 5.41) is 14.1. The lowest BCUT2D eigenvalue weighted by molar-refractivity contribution is -0.114. The van der Waals surface area contributed by atoms with Crippen LogP contribution in [0.2, 0.25) is 5.02 Å². The SMILES string of the molecule is CC(C)(C)OC(=O)N(C(=O)O)c1cc(Oc2ccc3ncc(-c4cnn(CC5CC(F)(F)C5)c4)nc3c2Cl)ccc1N. The molecule has 14 heteroatoms. The Hall–Kier alpha value is -4.52. The minimum Gasteiger partial charge on any atom is -0.464 e. The molecule has 0 bridgehead atoms. The summed E-state index contributed by atoms with van der Waals surface area (Å²) in [7, 11) is 0. The Morgan fingerprint density at radius 2 is 1.95 bits per heavy atom. The topological polar surface area (TPSA) is 146 Å². The zero-order valence-electron chi connectivity index (χ0n) is 22.8.